The molecule has 0 saturated heterocycles. The van der Waals surface area contributed by atoms with Gasteiger partial charge in [-0.25, -0.2) is 0 Å². The highest BCUT2D eigenvalue weighted by Gasteiger charge is 2.02. The molecule has 0 saturated carbocycles. The van der Waals surface area contributed by atoms with Crippen LogP contribution >= 0.6 is 0 Å². The van der Waals surface area contributed by atoms with E-state index in [1.54, 1.807) is 7.05 Å². The SMILES string of the molecule is C=C(C(C)=C(C)C)/C(C=NC)=C/C. The van der Waals surface area contributed by atoms with Gasteiger partial charge in [0.15, 0.2) is 0 Å². The largest absolute Gasteiger partial charge is 0.296 e. The van der Waals surface area contributed by atoms with Gasteiger partial charge < -0.3 is 0 Å². The first-order chi connectivity index (χ1) is 6.04. The van der Waals surface area contributed by atoms with Crippen LogP contribution in [0, 0.1) is 0 Å². The fraction of sp³-hybridized carbons (Fsp3) is 0.417. The van der Waals surface area contributed by atoms with Gasteiger partial charge in [-0.3, -0.25) is 4.99 Å². The van der Waals surface area contributed by atoms with E-state index in [2.05, 4.69) is 32.3 Å². The normalized spacial score (nSPS) is 11.9. The van der Waals surface area contributed by atoms with E-state index in [9.17, 15) is 0 Å². The Bertz CT molecular complexity index is 273. The molecule has 0 aromatic carbocycles. The lowest BCUT2D eigenvalue weighted by molar-refractivity contribution is 1.25. The monoisotopic (exact) mass is 177 g/mol. The minimum atomic E-state index is 1.06. The average molecular weight is 177 g/mol. The van der Waals surface area contributed by atoms with Gasteiger partial charge in [0.25, 0.3) is 0 Å². The fourth-order valence-corrected chi connectivity index (χ4v) is 0.984. The highest BCUT2D eigenvalue weighted by Crippen LogP contribution is 2.18. The number of hydrogen-bond donors (Lipinski definition) is 0. The van der Waals surface area contributed by atoms with E-state index in [0.29, 0.717) is 0 Å². The Morgan fingerprint density at radius 2 is 1.77 bits per heavy atom. The van der Waals surface area contributed by atoms with E-state index in [1.165, 1.54) is 11.1 Å². The molecule has 13 heavy (non-hydrogen) atoms. The summed E-state index contributed by atoms with van der Waals surface area (Å²) in [5.41, 5.74) is 4.70. The van der Waals surface area contributed by atoms with Crippen molar-refractivity contribution in [2.45, 2.75) is 27.7 Å². The van der Waals surface area contributed by atoms with Crippen LogP contribution in [0.2, 0.25) is 0 Å². The van der Waals surface area contributed by atoms with Crippen molar-refractivity contribution in [3.63, 3.8) is 0 Å². The molecule has 0 fully saturated rings. The molecule has 0 N–H and O–H groups in total. The zero-order valence-corrected chi connectivity index (χ0v) is 9.31. The quantitative estimate of drug-likeness (QED) is 0.462. The molecule has 0 radical (unpaired) electrons. The second-order valence-corrected chi connectivity index (χ2v) is 3.23. The molecule has 72 valence electrons. The molecule has 1 nitrogen and oxygen atoms in total. The summed E-state index contributed by atoms with van der Waals surface area (Å²) in [6.07, 6.45) is 3.87. The Balaban J connectivity index is 4.90. The molecule has 0 unspecified atom stereocenters. The molecule has 0 aromatic rings. The Hall–Kier alpha value is -1.11. The summed E-state index contributed by atoms with van der Waals surface area (Å²) in [5, 5.41) is 0. The summed E-state index contributed by atoms with van der Waals surface area (Å²) in [6, 6.07) is 0. The van der Waals surface area contributed by atoms with Crippen molar-refractivity contribution < 1.29 is 0 Å². The predicted octanol–water partition coefficient (Wildman–Crippen LogP) is 3.55. The molecule has 0 heterocycles. The molecule has 0 aliphatic carbocycles. The van der Waals surface area contributed by atoms with Crippen LogP contribution in [0.1, 0.15) is 27.7 Å². The molecule has 0 rings (SSSR count). The summed E-state index contributed by atoms with van der Waals surface area (Å²) >= 11 is 0. The fourth-order valence-electron chi connectivity index (χ4n) is 0.984. The van der Waals surface area contributed by atoms with Crippen LogP contribution in [0.5, 0.6) is 0 Å². The van der Waals surface area contributed by atoms with Crippen molar-refractivity contribution in [2.75, 3.05) is 7.05 Å². The molecule has 0 spiro atoms. The maximum Gasteiger partial charge on any atom is 0.0283 e. The first kappa shape index (κ1) is 11.9. The number of rotatable bonds is 3. The minimum Gasteiger partial charge on any atom is -0.296 e. The molecule has 0 aliphatic rings. The summed E-state index contributed by atoms with van der Waals surface area (Å²) in [5.74, 6) is 0. The maximum absolute atomic E-state index is 4.05. The van der Waals surface area contributed by atoms with E-state index in [-0.39, 0.29) is 0 Å². The third-order valence-electron chi connectivity index (χ3n) is 2.13. The van der Waals surface area contributed by atoms with E-state index in [1.807, 2.05) is 19.2 Å². The topological polar surface area (TPSA) is 12.4 Å². The molecule has 0 amide bonds. The van der Waals surface area contributed by atoms with Crippen LogP contribution in [0.4, 0.5) is 0 Å². The maximum atomic E-state index is 4.05. The number of allylic oxidation sites excluding steroid dienone is 5. The molecule has 1 heteroatoms. The van der Waals surface area contributed by atoms with Crippen molar-refractivity contribution in [1.29, 1.82) is 0 Å². The number of aliphatic imine (C=N–C) groups is 1. The molecule has 0 bridgehead atoms. The van der Waals surface area contributed by atoms with Crippen molar-refractivity contribution in [2.24, 2.45) is 4.99 Å². The Labute approximate surface area is 81.6 Å². The molecular formula is C12H19N. The Morgan fingerprint density at radius 1 is 1.23 bits per heavy atom. The van der Waals surface area contributed by atoms with Gasteiger partial charge in [0.05, 0.1) is 0 Å². The lowest BCUT2D eigenvalue weighted by Crippen LogP contribution is -1.93. The van der Waals surface area contributed by atoms with Crippen LogP contribution in [0.3, 0.4) is 0 Å². The molecular weight excluding hydrogens is 158 g/mol. The zero-order valence-electron chi connectivity index (χ0n) is 9.31. The molecule has 0 aliphatic heterocycles. The van der Waals surface area contributed by atoms with Crippen LogP contribution in [-0.4, -0.2) is 13.3 Å². The van der Waals surface area contributed by atoms with Gasteiger partial charge in [0, 0.05) is 13.3 Å². The van der Waals surface area contributed by atoms with E-state index in [0.717, 1.165) is 11.1 Å². The van der Waals surface area contributed by atoms with Gasteiger partial charge in [-0.05, 0) is 44.4 Å². The van der Waals surface area contributed by atoms with Crippen molar-refractivity contribution in [3.8, 4) is 0 Å². The van der Waals surface area contributed by atoms with Crippen molar-refractivity contribution in [1.82, 2.24) is 0 Å². The lowest BCUT2D eigenvalue weighted by atomic mass is 9.98. The van der Waals surface area contributed by atoms with Gasteiger partial charge in [0.1, 0.15) is 0 Å². The Kier molecular flexibility index (Phi) is 5.05. The third kappa shape index (κ3) is 3.41. The second kappa shape index (κ2) is 5.52. The van der Waals surface area contributed by atoms with Crippen molar-refractivity contribution >= 4 is 6.21 Å². The average Bonchev–Trinajstić information content (AvgIpc) is 2.11. The molecule has 0 aromatic heterocycles. The first-order valence-corrected chi connectivity index (χ1v) is 4.46. The van der Waals surface area contributed by atoms with Gasteiger partial charge in [0.2, 0.25) is 0 Å². The first-order valence-electron chi connectivity index (χ1n) is 4.46. The number of nitrogens with zero attached hydrogens (tertiary/aromatic N) is 1. The van der Waals surface area contributed by atoms with E-state index in [4.69, 9.17) is 0 Å². The second-order valence-electron chi connectivity index (χ2n) is 3.23. The summed E-state index contributed by atoms with van der Waals surface area (Å²) < 4.78 is 0. The van der Waals surface area contributed by atoms with Gasteiger partial charge in [-0.2, -0.15) is 0 Å². The zero-order chi connectivity index (χ0) is 10.4. The highest BCUT2D eigenvalue weighted by molar-refractivity contribution is 5.86. The number of hydrogen-bond acceptors (Lipinski definition) is 1. The van der Waals surface area contributed by atoms with Crippen molar-refractivity contribution in [3.05, 3.63) is 34.9 Å². The minimum absolute atomic E-state index is 1.06. The summed E-state index contributed by atoms with van der Waals surface area (Å²) in [4.78, 5) is 3.99. The third-order valence-corrected chi connectivity index (χ3v) is 2.13. The highest BCUT2D eigenvalue weighted by atomic mass is 14.6. The van der Waals surface area contributed by atoms with E-state index >= 15 is 0 Å². The standard InChI is InChI=1S/C12H19N/c1-7-12(8-13-6)11(5)10(4)9(2)3/h7-8H,5H2,1-4,6H3/b12-7+,13-8?. The van der Waals surface area contributed by atoms with Gasteiger partial charge in [-0.1, -0.05) is 18.2 Å². The van der Waals surface area contributed by atoms with Crippen LogP contribution in [0.25, 0.3) is 0 Å². The predicted molar refractivity (Wildman–Crippen MR) is 61.4 cm³/mol. The summed E-state index contributed by atoms with van der Waals surface area (Å²) in [7, 11) is 1.77. The summed E-state index contributed by atoms with van der Waals surface area (Å²) in [6.45, 7) is 12.3. The van der Waals surface area contributed by atoms with Crippen LogP contribution < -0.4 is 0 Å². The van der Waals surface area contributed by atoms with Gasteiger partial charge in [-0.15, -0.1) is 0 Å². The van der Waals surface area contributed by atoms with Crippen LogP contribution in [0.15, 0.2) is 39.9 Å². The lowest BCUT2D eigenvalue weighted by Gasteiger charge is -2.08. The smallest absolute Gasteiger partial charge is 0.0283 e. The van der Waals surface area contributed by atoms with Gasteiger partial charge >= 0.3 is 0 Å². The van der Waals surface area contributed by atoms with E-state index < -0.39 is 0 Å². The molecule has 0 atom stereocenters. The van der Waals surface area contributed by atoms with Crippen LogP contribution in [-0.2, 0) is 0 Å². The Morgan fingerprint density at radius 3 is 2.08 bits per heavy atom.